The Morgan fingerprint density at radius 1 is 1.11 bits per heavy atom. The zero-order valence-electron chi connectivity index (χ0n) is 32.9. The summed E-state index contributed by atoms with van der Waals surface area (Å²) >= 11 is 0. The highest BCUT2D eigenvalue weighted by Crippen LogP contribution is 2.34. The molecule has 2 saturated heterocycles. The Morgan fingerprint density at radius 2 is 1.88 bits per heavy atom. The Kier molecular flexibility index (Phi) is 11.1. The second kappa shape index (κ2) is 16.0. The average Bonchev–Trinajstić information content (AvgIpc) is 3.19. The summed E-state index contributed by atoms with van der Waals surface area (Å²) in [4.78, 5) is 53.7. The van der Waals surface area contributed by atoms with Gasteiger partial charge >= 0.3 is 0 Å². The van der Waals surface area contributed by atoms with Crippen LogP contribution in [0.5, 0.6) is 0 Å². The Labute approximate surface area is 329 Å². The Hall–Kier alpha value is -5.77. The highest BCUT2D eigenvalue weighted by atomic mass is 19.1. The van der Waals surface area contributed by atoms with Crippen molar-refractivity contribution in [3.8, 4) is 17.1 Å². The van der Waals surface area contributed by atoms with Crippen LogP contribution in [0.2, 0.25) is 0 Å². The molecule has 1 atom stereocenters. The summed E-state index contributed by atoms with van der Waals surface area (Å²) < 4.78 is 23.4. The fraction of sp³-hybridized carbons (Fsp3) is 0.381. The quantitative estimate of drug-likeness (QED) is 0.173. The van der Waals surface area contributed by atoms with Crippen LogP contribution in [0.4, 0.5) is 27.3 Å². The summed E-state index contributed by atoms with van der Waals surface area (Å²) in [5.74, 6) is -1.09. The van der Waals surface area contributed by atoms with E-state index in [-0.39, 0.29) is 45.6 Å². The van der Waals surface area contributed by atoms with Gasteiger partial charge in [0, 0.05) is 86.6 Å². The molecule has 2 aliphatic rings. The van der Waals surface area contributed by atoms with Gasteiger partial charge in [0.25, 0.3) is 11.1 Å². The molecule has 0 saturated carbocycles. The first-order chi connectivity index (χ1) is 27.3. The summed E-state index contributed by atoms with van der Waals surface area (Å²) in [6, 6.07) is 10.9. The summed E-state index contributed by atoms with van der Waals surface area (Å²) in [5.41, 5.74) is 1.93. The number of pyridine rings is 1. The second-order valence-electron chi connectivity index (χ2n) is 15.7. The number of hydrogen-bond donors (Lipinski definition) is 3. The van der Waals surface area contributed by atoms with E-state index in [9.17, 15) is 19.5 Å². The molecule has 5 heterocycles. The van der Waals surface area contributed by atoms with E-state index in [1.807, 2.05) is 32.9 Å². The molecule has 298 valence electrons. The van der Waals surface area contributed by atoms with Crippen LogP contribution in [0.1, 0.15) is 51.7 Å². The third-order valence-corrected chi connectivity index (χ3v) is 10.8. The molecule has 3 N–H and O–H groups in total. The number of amides is 1. The van der Waals surface area contributed by atoms with Crippen molar-refractivity contribution in [2.45, 2.75) is 64.6 Å². The number of nitrogens with zero attached hydrogens (tertiary/aromatic N) is 7. The summed E-state index contributed by atoms with van der Waals surface area (Å²) in [6.45, 7) is 15.2. The van der Waals surface area contributed by atoms with Gasteiger partial charge in [-0.2, -0.15) is 9.78 Å². The molecular formula is C42H48FN9O5. The van der Waals surface area contributed by atoms with Gasteiger partial charge in [0.2, 0.25) is 5.91 Å². The van der Waals surface area contributed by atoms with Gasteiger partial charge in [0.05, 0.1) is 35.3 Å². The van der Waals surface area contributed by atoms with Crippen molar-refractivity contribution in [2.24, 2.45) is 7.05 Å². The lowest BCUT2D eigenvalue weighted by molar-refractivity contribution is -0.111. The van der Waals surface area contributed by atoms with Gasteiger partial charge < -0.3 is 29.9 Å². The number of rotatable bonds is 9. The lowest BCUT2D eigenvalue weighted by atomic mass is 9.86. The summed E-state index contributed by atoms with van der Waals surface area (Å²) in [6.07, 6.45) is 7.60. The van der Waals surface area contributed by atoms with Crippen LogP contribution in [0, 0.1) is 5.82 Å². The van der Waals surface area contributed by atoms with E-state index >= 15 is 4.39 Å². The lowest BCUT2D eigenvalue weighted by Crippen LogP contribution is -2.56. The lowest BCUT2D eigenvalue weighted by Gasteiger charge is -2.45. The van der Waals surface area contributed by atoms with E-state index in [0.717, 1.165) is 61.6 Å². The van der Waals surface area contributed by atoms with Crippen molar-refractivity contribution in [3.63, 3.8) is 0 Å². The first-order valence-electron chi connectivity index (χ1n) is 19.1. The van der Waals surface area contributed by atoms with Crippen molar-refractivity contribution in [1.29, 1.82) is 0 Å². The van der Waals surface area contributed by atoms with Gasteiger partial charge in [-0.05, 0) is 73.2 Å². The molecule has 1 amide bonds. The smallest absolute Gasteiger partial charge is 0.293 e. The molecule has 7 rings (SSSR count). The zero-order chi connectivity index (χ0) is 40.6. The second-order valence-corrected chi connectivity index (χ2v) is 15.7. The third-order valence-electron chi connectivity index (χ3n) is 10.8. The predicted octanol–water partition coefficient (Wildman–Crippen LogP) is 5.03. The third kappa shape index (κ3) is 7.95. The number of hydrogen-bond acceptors (Lipinski definition) is 11. The maximum atomic E-state index is 15.5. The molecule has 2 aliphatic heterocycles. The van der Waals surface area contributed by atoms with Gasteiger partial charge in [0.1, 0.15) is 5.82 Å². The summed E-state index contributed by atoms with van der Waals surface area (Å²) in [7, 11) is 1.57. The van der Waals surface area contributed by atoms with E-state index in [4.69, 9.17) is 4.74 Å². The monoisotopic (exact) mass is 777 g/mol. The van der Waals surface area contributed by atoms with E-state index in [1.54, 1.807) is 25.2 Å². The first-order valence-corrected chi connectivity index (χ1v) is 19.1. The molecule has 0 spiro atoms. The maximum Gasteiger partial charge on any atom is 0.293 e. The fourth-order valence-corrected chi connectivity index (χ4v) is 7.71. The zero-order valence-corrected chi connectivity index (χ0v) is 32.9. The number of aliphatic hydroxyl groups excluding tert-OH is 1. The van der Waals surface area contributed by atoms with Crippen LogP contribution in [-0.4, -0.2) is 85.2 Å². The number of aliphatic hydroxyl groups is 1. The molecule has 0 bridgehead atoms. The van der Waals surface area contributed by atoms with Crippen LogP contribution >= 0.6 is 0 Å². The van der Waals surface area contributed by atoms with Crippen LogP contribution in [0.3, 0.4) is 0 Å². The summed E-state index contributed by atoms with van der Waals surface area (Å²) in [5, 5.41) is 21.3. The molecule has 14 nitrogen and oxygen atoms in total. The Morgan fingerprint density at radius 3 is 2.58 bits per heavy atom. The number of carbonyl (C=O) groups is 1. The SMILES string of the molecule is C=CC(=O)Nc1cc(Nc2nc(-c3ccnc(-n4ncc5cc(C(C)(C)C)cc(F)c5c4=O)c3CO)cn(C)c2=O)ccc1N1CCN(C2CCOCC2)C[C@@H]1C. The van der Waals surface area contributed by atoms with E-state index < -0.39 is 23.5 Å². The highest BCUT2D eigenvalue weighted by molar-refractivity contribution is 6.02. The average molecular weight is 778 g/mol. The molecule has 15 heteroatoms. The van der Waals surface area contributed by atoms with Crippen molar-refractivity contribution in [3.05, 3.63) is 105 Å². The minimum atomic E-state index is -0.737. The minimum Gasteiger partial charge on any atom is -0.392 e. The first kappa shape index (κ1) is 39.5. The Bertz CT molecular complexity index is 2470. The van der Waals surface area contributed by atoms with E-state index in [0.29, 0.717) is 28.4 Å². The molecule has 2 fully saturated rings. The standard InChI is InChI=1S/C42H48FN9O5/c1-7-36(54)47-33-20-28(8-9-35(33)51-15-14-50(22-25(51)2)29-11-16-57-17-12-29)46-38-41(56)49(6)23-34(48-38)30-10-13-44-39(31(30)24-53)52-40(55)37-26(21-45-52)18-27(19-32(37)43)42(3,4)5/h7-10,13,18-21,23,25,29,53H,1,11-12,14-17,22,24H2,2-6H3,(H,46,48)(H,47,54)/t25-/m0/s1. The van der Waals surface area contributed by atoms with Gasteiger partial charge in [0.15, 0.2) is 11.6 Å². The van der Waals surface area contributed by atoms with Crippen LogP contribution < -0.4 is 26.7 Å². The number of nitrogens with one attached hydrogen (secondary N) is 2. The van der Waals surface area contributed by atoms with Gasteiger partial charge in [-0.15, -0.1) is 0 Å². The number of halogens is 1. The molecule has 0 unspecified atom stereocenters. The van der Waals surface area contributed by atoms with Crippen molar-refractivity contribution >= 4 is 39.6 Å². The molecule has 2 aromatic carbocycles. The molecule has 0 aliphatic carbocycles. The molecule has 5 aromatic rings. The van der Waals surface area contributed by atoms with Gasteiger partial charge in [-0.3, -0.25) is 19.3 Å². The van der Waals surface area contributed by atoms with Crippen molar-refractivity contribution in [2.75, 3.05) is 48.4 Å². The molecule has 0 radical (unpaired) electrons. The predicted molar refractivity (Wildman–Crippen MR) is 219 cm³/mol. The molecule has 3 aromatic heterocycles. The topological polar surface area (TPSA) is 160 Å². The van der Waals surface area contributed by atoms with Crippen molar-refractivity contribution in [1.82, 2.24) is 29.2 Å². The van der Waals surface area contributed by atoms with E-state index in [2.05, 4.69) is 49.0 Å². The largest absolute Gasteiger partial charge is 0.392 e. The van der Waals surface area contributed by atoms with Crippen LogP contribution in [-0.2, 0) is 28.6 Å². The minimum absolute atomic E-state index is 0.00706. The maximum absolute atomic E-state index is 15.5. The van der Waals surface area contributed by atoms with Gasteiger partial charge in [-0.1, -0.05) is 27.4 Å². The highest BCUT2D eigenvalue weighted by Gasteiger charge is 2.31. The van der Waals surface area contributed by atoms with Gasteiger partial charge in [-0.25, -0.2) is 14.4 Å². The normalized spacial score (nSPS) is 16.8. The number of aryl methyl sites for hydroxylation is 1. The number of anilines is 4. The number of benzene rings is 2. The van der Waals surface area contributed by atoms with E-state index in [1.165, 1.54) is 35.3 Å². The molecule has 57 heavy (non-hydrogen) atoms. The number of fused-ring (bicyclic) bond motifs is 1. The Balaban J connectivity index is 1.22. The number of piperazine rings is 1. The number of aromatic nitrogens is 5. The number of ether oxygens (including phenoxy) is 1. The van der Waals surface area contributed by atoms with Crippen LogP contribution in [0.25, 0.3) is 27.8 Å². The number of carbonyl (C=O) groups excluding carboxylic acids is 1. The fourth-order valence-electron chi connectivity index (χ4n) is 7.71. The van der Waals surface area contributed by atoms with Crippen molar-refractivity contribution < 1.29 is 19.0 Å². The van der Waals surface area contributed by atoms with Crippen LogP contribution in [0.15, 0.2) is 77.2 Å². The molecular weight excluding hydrogens is 730 g/mol.